The molecule has 43 heavy (non-hydrogen) atoms. The average Bonchev–Trinajstić information content (AvgIpc) is 3.59. The van der Waals surface area contributed by atoms with Gasteiger partial charge in [0.15, 0.2) is 11.5 Å². The molecule has 3 rings (SSSR count). The predicted octanol–water partition coefficient (Wildman–Crippen LogP) is 2.82. The molecule has 0 radical (unpaired) electrons. The Morgan fingerprint density at radius 2 is 2.00 bits per heavy atom. The van der Waals surface area contributed by atoms with Crippen molar-refractivity contribution in [2.24, 2.45) is 17.8 Å². The van der Waals surface area contributed by atoms with Gasteiger partial charge in [0.05, 0.1) is 14.0 Å². The lowest BCUT2D eigenvalue weighted by molar-refractivity contribution is -0.137. The van der Waals surface area contributed by atoms with Crippen molar-refractivity contribution in [3.8, 4) is 0 Å². The molecule has 4 atom stereocenters. The smallest absolute Gasteiger partial charge is 0.330 e. The van der Waals surface area contributed by atoms with E-state index in [1.807, 2.05) is 0 Å². The van der Waals surface area contributed by atoms with Crippen LogP contribution in [0.3, 0.4) is 0 Å². The quantitative estimate of drug-likeness (QED) is 0.208. The van der Waals surface area contributed by atoms with Gasteiger partial charge in [-0.15, -0.1) is 0 Å². The second kappa shape index (κ2) is 15.8. The summed E-state index contributed by atoms with van der Waals surface area (Å²) < 4.78 is 53.6. The summed E-state index contributed by atoms with van der Waals surface area (Å²) in [6.45, 7) is 2.74. The highest BCUT2D eigenvalue weighted by Gasteiger charge is 2.32. The first-order chi connectivity index (χ1) is 22.1. The summed E-state index contributed by atoms with van der Waals surface area (Å²) in [5.41, 5.74) is -0.0562. The molecule has 3 N–H and O–H groups in total. The first-order valence-corrected chi connectivity index (χ1v) is 14.1. The number of rotatable bonds is 15. The number of hydrogen-bond donors (Lipinski definition) is 3. The summed E-state index contributed by atoms with van der Waals surface area (Å²) in [6, 6.07) is 2.72. The van der Waals surface area contributed by atoms with E-state index >= 15 is 0 Å². The van der Waals surface area contributed by atoms with Crippen LogP contribution in [0.15, 0.2) is 47.0 Å². The van der Waals surface area contributed by atoms with Crippen LogP contribution in [0.25, 0.3) is 0 Å². The standard InChI is InChI=1S/C31H39FN4O7/c1-5-42-27(38)11-10-24(16-21-12-13-33-29(21)39)34-30(40)22(15-20-6-8-23(32)9-7-20)17-26(37)28(18(2)3)35-31(41)25-14-19(4)43-36-25/h6-11,14,18,21-22,24,28H,5,12-13,15-17H2,1-4H3,(H,33,39)(H,34,40)(H,35,41)/b11-10+/t21-,22+,24+,28-/m0/s1/i4D3,14D. The van der Waals surface area contributed by atoms with E-state index in [9.17, 15) is 28.4 Å². The molecule has 0 unspecified atom stereocenters. The third kappa shape index (κ3) is 10.2. The number of halogens is 1. The van der Waals surface area contributed by atoms with E-state index in [4.69, 9.17) is 14.7 Å². The minimum Gasteiger partial charge on any atom is -0.463 e. The second-order valence-corrected chi connectivity index (χ2v) is 10.6. The Kier molecular flexibility index (Phi) is 10.1. The molecule has 1 saturated heterocycles. The Hall–Kier alpha value is -4.35. The normalized spacial score (nSPS) is 18.5. The number of aryl methyl sites for hydroxylation is 1. The maximum absolute atomic E-state index is 13.8. The number of carbonyl (C=O) groups is 5. The predicted molar refractivity (Wildman–Crippen MR) is 154 cm³/mol. The number of carbonyl (C=O) groups excluding carboxylic acids is 5. The van der Waals surface area contributed by atoms with Crippen LogP contribution in [-0.4, -0.2) is 59.9 Å². The molecule has 1 aliphatic rings. The second-order valence-electron chi connectivity index (χ2n) is 10.6. The van der Waals surface area contributed by atoms with Gasteiger partial charge in [-0.05, 0) is 56.7 Å². The van der Waals surface area contributed by atoms with Crippen LogP contribution in [0.2, 0.25) is 0 Å². The van der Waals surface area contributed by atoms with Crippen molar-refractivity contribution in [2.75, 3.05) is 13.2 Å². The number of benzene rings is 1. The van der Waals surface area contributed by atoms with E-state index in [-0.39, 0.29) is 31.8 Å². The Morgan fingerprint density at radius 3 is 2.60 bits per heavy atom. The van der Waals surface area contributed by atoms with Gasteiger partial charge < -0.3 is 25.2 Å². The molecule has 232 valence electrons. The first-order valence-electron chi connectivity index (χ1n) is 16.1. The molecule has 0 aliphatic carbocycles. The molecule has 1 aromatic carbocycles. The third-order valence-corrected chi connectivity index (χ3v) is 6.97. The summed E-state index contributed by atoms with van der Waals surface area (Å²) in [6.07, 6.45) is 2.94. The lowest BCUT2D eigenvalue weighted by Gasteiger charge is -2.25. The van der Waals surface area contributed by atoms with E-state index in [1.54, 1.807) is 20.8 Å². The first kappa shape index (κ1) is 27.5. The molecule has 0 saturated carbocycles. The molecule has 2 aromatic rings. The van der Waals surface area contributed by atoms with Gasteiger partial charge in [0.2, 0.25) is 11.8 Å². The SMILES string of the molecule is [2H]c1c(C(=O)N[C@H](C(=O)C[C@@H](Cc2ccc(F)cc2)C(=O)N[C@H](/C=C/C(=O)OCC)C[C@@H]2CCNC2=O)C(C)C)noc1C([2H])([2H])[2H]. The number of hydrogen-bond acceptors (Lipinski definition) is 8. The van der Waals surface area contributed by atoms with Crippen LogP contribution < -0.4 is 16.0 Å². The number of nitrogens with one attached hydrogen (secondary N) is 3. The molecule has 1 aliphatic heterocycles. The number of ketones is 1. The molecule has 2 heterocycles. The number of nitrogens with zero attached hydrogens (tertiary/aromatic N) is 1. The van der Waals surface area contributed by atoms with E-state index in [2.05, 4.69) is 21.1 Å². The van der Waals surface area contributed by atoms with Crippen molar-refractivity contribution in [3.63, 3.8) is 0 Å². The highest BCUT2D eigenvalue weighted by atomic mass is 19.1. The maximum Gasteiger partial charge on any atom is 0.330 e. The zero-order valence-corrected chi connectivity index (χ0v) is 24.3. The van der Waals surface area contributed by atoms with E-state index in [1.165, 1.54) is 30.3 Å². The fourth-order valence-electron chi connectivity index (χ4n) is 4.75. The van der Waals surface area contributed by atoms with Crippen LogP contribution in [0.4, 0.5) is 4.39 Å². The van der Waals surface area contributed by atoms with Gasteiger partial charge in [0.25, 0.3) is 5.91 Å². The zero-order chi connectivity index (χ0) is 34.9. The van der Waals surface area contributed by atoms with E-state index < -0.39 is 83.6 Å². The highest BCUT2D eigenvalue weighted by Crippen LogP contribution is 2.21. The summed E-state index contributed by atoms with van der Waals surface area (Å²) in [4.78, 5) is 64.8. The minimum absolute atomic E-state index is 0.0109. The third-order valence-electron chi connectivity index (χ3n) is 6.97. The van der Waals surface area contributed by atoms with E-state index in [0.717, 1.165) is 6.08 Å². The van der Waals surface area contributed by atoms with Crippen molar-refractivity contribution in [3.05, 3.63) is 65.3 Å². The number of esters is 1. The van der Waals surface area contributed by atoms with Gasteiger partial charge >= 0.3 is 5.97 Å². The van der Waals surface area contributed by atoms with Crippen LogP contribution in [-0.2, 0) is 30.3 Å². The van der Waals surface area contributed by atoms with Gasteiger partial charge in [-0.25, -0.2) is 9.18 Å². The van der Waals surface area contributed by atoms with Crippen molar-refractivity contribution < 1.29 is 43.1 Å². The Bertz CT molecular complexity index is 1480. The molecule has 11 nitrogen and oxygen atoms in total. The summed E-state index contributed by atoms with van der Waals surface area (Å²) in [5.74, 6) is -6.15. The highest BCUT2D eigenvalue weighted by molar-refractivity contribution is 5.97. The summed E-state index contributed by atoms with van der Waals surface area (Å²) >= 11 is 0. The van der Waals surface area contributed by atoms with Gasteiger partial charge in [-0.3, -0.25) is 19.2 Å². The maximum atomic E-state index is 13.8. The van der Waals surface area contributed by atoms with Crippen molar-refractivity contribution in [1.82, 2.24) is 21.1 Å². The van der Waals surface area contributed by atoms with Gasteiger partial charge in [0, 0.05) is 47.1 Å². The number of amides is 3. The van der Waals surface area contributed by atoms with Crippen LogP contribution in [0, 0.1) is 30.4 Å². The molecule has 12 heteroatoms. The largest absolute Gasteiger partial charge is 0.463 e. The van der Waals surface area contributed by atoms with Crippen molar-refractivity contribution in [2.45, 2.75) is 65.4 Å². The topological polar surface area (TPSA) is 157 Å². The van der Waals surface area contributed by atoms with Crippen LogP contribution in [0.5, 0.6) is 0 Å². The molecule has 1 fully saturated rings. The van der Waals surface area contributed by atoms with Crippen molar-refractivity contribution >= 4 is 29.5 Å². The lowest BCUT2D eigenvalue weighted by atomic mass is 9.87. The minimum atomic E-state index is -2.82. The van der Waals surface area contributed by atoms with Crippen molar-refractivity contribution in [1.29, 1.82) is 0 Å². The van der Waals surface area contributed by atoms with E-state index in [0.29, 0.717) is 18.5 Å². The Morgan fingerprint density at radius 1 is 1.26 bits per heavy atom. The molecular weight excluding hydrogens is 559 g/mol. The van der Waals surface area contributed by atoms with Gasteiger partial charge in [-0.2, -0.15) is 0 Å². The summed E-state index contributed by atoms with van der Waals surface area (Å²) in [7, 11) is 0. The van der Waals surface area contributed by atoms with Gasteiger partial charge in [0.1, 0.15) is 11.6 Å². The molecule has 0 bridgehead atoms. The fourth-order valence-corrected chi connectivity index (χ4v) is 4.75. The molecular formula is C31H39FN4O7. The molecule has 0 spiro atoms. The Balaban J connectivity index is 1.85. The lowest BCUT2D eigenvalue weighted by Crippen LogP contribution is -2.47. The summed E-state index contributed by atoms with van der Waals surface area (Å²) in [5, 5.41) is 11.5. The number of aromatic nitrogens is 1. The Labute approximate surface area is 255 Å². The molecule has 1 aromatic heterocycles. The zero-order valence-electron chi connectivity index (χ0n) is 28.3. The number of ether oxygens (including phenoxy) is 1. The molecule has 3 amide bonds. The fraction of sp³-hybridized carbons (Fsp3) is 0.484. The van der Waals surface area contributed by atoms with Crippen LogP contribution in [0.1, 0.15) is 67.3 Å². The van der Waals surface area contributed by atoms with Crippen LogP contribution >= 0.6 is 0 Å². The number of Topliss-reactive ketones (excluding diaryl/α,β-unsaturated/α-hetero) is 1. The van der Waals surface area contributed by atoms with Gasteiger partial charge in [-0.1, -0.05) is 37.2 Å². The monoisotopic (exact) mass is 602 g/mol. The average molecular weight is 603 g/mol.